The molecule has 1 aromatic carbocycles. The molecular formula is C22H20ClN3O3S. The minimum Gasteiger partial charge on any atom is -0.478 e. The summed E-state index contributed by atoms with van der Waals surface area (Å²) in [5.74, 6) is 0.170. The predicted octanol–water partition coefficient (Wildman–Crippen LogP) is 5.07. The van der Waals surface area contributed by atoms with E-state index < -0.39 is 5.97 Å². The summed E-state index contributed by atoms with van der Waals surface area (Å²) in [4.78, 5) is 17.9. The maximum Gasteiger partial charge on any atom is 0.335 e. The molecule has 2 atom stereocenters. The number of pyridine rings is 1. The first-order chi connectivity index (χ1) is 14.4. The Kier molecular flexibility index (Phi) is 5.49. The molecule has 3 heterocycles. The molecule has 1 aliphatic rings. The van der Waals surface area contributed by atoms with Crippen molar-refractivity contribution in [2.45, 2.75) is 32.0 Å². The molecule has 0 aliphatic carbocycles. The Balaban J connectivity index is 1.77. The molecule has 0 spiro atoms. The van der Waals surface area contributed by atoms with Crippen molar-refractivity contribution in [3.63, 3.8) is 0 Å². The number of hydrogen-bond acceptors (Lipinski definition) is 4. The zero-order valence-corrected chi connectivity index (χ0v) is 17.9. The normalized spacial score (nSPS) is 18.7. The van der Waals surface area contributed by atoms with E-state index in [1.807, 2.05) is 24.3 Å². The van der Waals surface area contributed by atoms with E-state index >= 15 is 0 Å². The molecule has 2 aromatic heterocycles. The van der Waals surface area contributed by atoms with Crippen molar-refractivity contribution in [3.8, 4) is 11.3 Å². The summed E-state index contributed by atoms with van der Waals surface area (Å²) < 4.78 is 6.20. The largest absolute Gasteiger partial charge is 0.478 e. The summed E-state index contributed by atoms with van der Waals surface area (Å²) in [6.07, 6.45) is 1.75. The van der Waals surface area contributed by atoms with Crippen molar-refractivity contribution in [2.24, 2.45) is 0 Å². The van der Waals surface area contributed by atoms with Crippen LogP contribution in [0.4, 0.5) is 0 Å². The summed E-state index contributed by atoms with van der Waals surface area (Å²) in [7, 11) is 0. The lowest BCUT2D eigenvalue weighted by Crippen LogP contribution is -2.35. The molecule has 0 saturated carbocycles. The van der Waals surface area contributed by atoms with Gasteiger partial charge in [0.25, 0.3) is 0 Å². The van der Waals surface area contributed by atoms with Crippen LogP contribution in [0.5, 0.6) is 0 Å². The quantitative estimate of drug-likeness (QED) is 0.535. The Morgan fingerprint density at radius 2 is 2.07 bits per heavy atom. The van der Waals surface area contributed by atoms with Crippen LogP contribution >= 0.6 is 23.8 Å². The van der Waals surface area contributed by atoms with Gasteiger partial charge in [0.15, 0.2) is 5.11 Å². The van der Waals surface area contributed by atoms with Crippen LogP contribution in [0.2, 0.25) is 5.02 Å². The van der Waals surface area contributed by atoms with Gasteiger partial charge in [-0.15, -0.1) is 0 Å². The number of aromatic carboxylic acids is 1. The van der Waals surface area contributed by atoms with Crippen LogP contribution in [-0.4, -0.2) is 32.1 Å². The molecule has 3 aromatic rings. The number of nitrogens with zero attached hydrogens (tertiary/aromatic N) is 2. The topological polar surface area (TPSA) is 78.6 Å². The summed E-state index contributed by atoms with van der Waals surface area (Å²) in [5.41, 5.74) is 1.53. The molecule has 1 aliphatic heterocycles. The van der Waals surface area contributed by atoms with Gasteiger partial charge in [-0.2, -0.15) is 0 Å². The zero-order valence-electron chi connectivity index (χ0n) is 16.4. The number of furan rings is 1. The second kappa shape index (κ2) is 8.08. The highest BCUT2D eigenvalue weighted by Gasteiger charge is 2.42. The molecular weight excluding hydrogens is 422 g/mol. The van der Waals surface area contributed by atoms with E-state index in [4.69, 9.17) is 28.2 Å². The first-order valence-electron chi connectivity index (χ1n) is 9.49. The lowest BCUT2D eigenvalue weighted by Gasteiger charge is -2.29. The average molecular weight is 442 g/mol. The minimum atomic E-state index is -1.02. The van der Waals surface area contributed by atoms with Gasteiger partial charge in [-0.25, -0.2) is 4.79 Å². The van der Waals surface area contributed by atoms with Gasteiger partial charge in [0.2, 0.25) is 0 Å². The van der Waals surface area contributed by atoms with Gasteiger partial charge in [0, 0.05) is 17.8 Å². The van der Waals surface area contributed by atoms with Crippen LogP contribution < -0.4 is 5.32 Å². The smallest absolute Gasteiger partial charge is 0.335 e. The Bertz CT molecular complexity index is 1100. The van der Waals surface area contributed by atoms with E-state index in [1.165, 1.54) is 12.1 Å². The second-order valence-corrected chi connectivity index (χ2v) is 8.12. The minimum absolute atomic E-state index is 0.135. The van der Waals surface area contributed by atoms with Gasteiger partial charge in [0.05, 0.1) is 22.3 Å². The van der Waals surface area contributed by atoms with Crippen molar-refractivity contribution in [1.82, 2.24) is 15.2 Å². The van der Waals surface area contributed by atoms with Gasteiger partial charge in [-0.1, -0.05) is 17.7 Å². The van der Waals surface area contributed by atoms with Crippen molar-refractivity contribution < 1.29 is 14.3 Å². The first-order valence-corrected chi connectivity index (χ1v) is 10.3. The fourth-order valence-electron chi connectivity index (χ4n) is 3.73. The maximum absolute atomic E-state index is 11.4. The van der Waals surface area contributed by atoms with Crippen LogP contribution in [0.15, 0.2) is 59.1 Å². The molecule has 0 amide bonds. The fourth-order valence-corrected chi connectivity index (χ4v) is 4.39. The highest BCUT2D eigenvalue weighted by molar-refractivity contribution is 7.80. The van der Waals surface area contributed by atoms with E-state index in [1.54, 1.807) is 18.3 Å². The highest BCUT2D eigenvalue weighted by Crippen LogP contribution is 2.42. The Morgan fingerprint density at radius 1 is 1.27 bits per heavy atom. The molecule has 6 nitrogen and oxygen atoms in total. The third-order valence-corrected chi connectivity index (χ3v) is 5.75. The van der Waals surface area contributed by atoms with Crippen molar-refractivity contribution in [3.05, 3.63) is 76.8 Å². The molecule has 154 valence electrons. The standard InChI is InChI=1S/C22H20ClN3O3S/c1-12(2)26-20(19(25-22(26)30)16-5-3-4-10-24-16)18-9-8-17(29-18)14-11-13(21(27)28)6-7-15(14)23/h3-12,19-20H,1-2H3,(H,25,30)(H,27,28)/t19-,20+/m1/s1. The number of carbonyl (C=O) groups is 1. The number of nitrogens with one attached hydrogen (secondary N) is 1. The molecule has 0 radical (unpaired) electrons. The number of benzene rings is 1. The second-order valence-electron chi connectivity index (χ2n) is 7.33. The van der Waals surface area contributed by atoms with Gasteiger partial charge in [-0.3, -0.25) is 4.98 Å². The lowest BCUT2D eigenvalue weighted by atomic mass is 10.0. The van der Waals surface area contributed by atoms with E-state index in [0.29, 0.717) is 27.2 Å². The number of carboxylic acid groups (broad SMARTS) is 1. The number of aromatic nitrogens is 1. The first kappa shape index (κ1) is 20.4. The van der Waals surface area contributed by atoms with Crippen molar-refractivity contribution in [2.75, 3.05) is 0 Å². The molecule has 8 heteroatoms. The Morgan fingerprint density at radius 3 is 2.73 bits per heavy atom. The molecule has 0 unspecified atom stereocenters. The molecule has 2 N–H and O–H groups in total. The van der Waals surface area contributed by atoms with E-state index in [9.17, 15) is 9.90 Å². The third kappa shape index (κ3) is 3.66. The Hall–Kier alpha value is -2.90. The van der Waals surface area contributed by atoms with Gasteiger partial charge in [-0.05, 0) is 68.5 Å². The van der Waals surface area contributed by atoms with Crippen molar-refractivity contribution >= 4 is 34.9 Å². The van der Waals surface area contributed by atoms with Crippen LogP contribution in [0.1, 0.15) is 47.7 Å². The lowest BCUT2D eigenvalue weighted by molar-refractivity contribution is 0.0697. The van der Waals surface area contributed by atoms with Crippen LogP contribution in [0.25, 0.3) is 11.3 Å². The van der Waals surface area contributed by atoms with E-state index in [-0.39, 0.29) is 23.7 Å². The highest BCUT2D eigenvalue weighted by atomic mass is 35.5. The number of carboxylic acids is 1. The molecule has 30 heavy (non-hydrogen) atoms. The Labute approximate surface area is 184 Å². The SMILES string of the molecule is CC(C)N1C(=S)N[C@H](c2ccccn2)[C@@H]1c1ccc(-c2cc(C(=O)O)ccc2Cl)o1. The number of halogens is 1. The van der Waals surface area contributed by atoms with Gasteiger partial charge < -0.3 is 19.7 Å². The van der Waals surface area contributed by atoms with Crippen LogP contribution in [-0.2, 0) is 0 Å². The summed E-state index contributed by atoms with van der Waals surface area (Å²) in [5, 5.41) is 13.7. The summed E-state index contributed by atoms with van der Waals surface area (Å²) in [6, 6.07) is 13.7. The van der Waals surface area contributed by atoms with Gasteiger partial charge >= 0.3 is 5.97 Å². The summed E-state index contributed by atoms with van der Waals surface area (Å²) in [6.45, 7) is 4.14. The number of thiocarbonyl (C=S) groups is 1. The van der Waals surface area contributed by atoms with Gasteiger partial charge in [0.1, 0.15) is 17.6 Å². The maximum atomic E-state index is 11.4. The predicted molar refractivity (Wildman–Crippen MR) is 119 cm³/mol. The third-order valence-electron chi connectivity index (χ3n) is 5.09. The van der Waals surface area contributed by atoms with Crippen LogP contribution in [0, 0.1) is 0 Å². The molecule has 1 fully saturated rings. The molecule has 1 saturated heterocycles. The zero-order chi connectivity index (χ0) is 21.4. The average Bonchev–Trinajstić information content (AvgIpc) is 3.33. The monoisotopic (exact) mass is 441 g/mol. The molecule has 4 rings (SSSR count). The number of rotatable bonds is 5. The van der Waals surface area contributed by atoms with Crippen LogP contribution in [0.3, 0.4) is 0 Å². The van der Waals surface area contributed by atoms with E-state index in [2.05, 4.69) is 29.0 Å². The molecule has 0 bridgehead atoms. The van der Waals surface area contributed by atoms with E-state index in [0.717, 1.165) is 5.69 Å². The fraction of sp³-hybridized carbons (Fsp3) is 0.227. The summed E-state index contributed by atoms with van der Waals surface area (Å²) >= 11 is 11.9. The van der Waals surface area contributed by atoms with Crippen molar-refractivity contribution in [1.29, 1.82) is 0 Å². The number of hydrogen-bond donors (Lipinski definition) is 2.